The molecule has 1 fully saturated rings. The number of hydrogen-bond acceptors (Lipinski definition) is 5. The third-order valence-electron chi connectivity index (χ3n) is 5.41. The molecule has 3 rings (SSSR count). The number of allylic oxidation sites excluding steroid dienone is 1. The van der Waals surface area contributed by atoms with Crippen LogP contribution in [0.2, 0.25) is 0 Å². The van der Waals surface area contributed by atoms with Gasteiger partial charge in [0.2, 0.25) is 6.10 Å². The molecule has 1 aliphatic rings. The van der Waals surface area contributed by atoms with Gasteiger partial charge in [0.25, 0.3) is 0 Å². The second kappa shape index (κ2) is 10.1. The van der Waals surface area contributed by atoms with E-state index in [-0.39, 0.29) is 15.8 Å². The number of benzene rings is 2. The van der Waals surface area contributed by atoms with Gasteiger partial charge in [0, 0.05) is 5.56 Å². The van der Waals surface area contributed by atoms with E-state index in [1.807, 2.05) is 19.9 Å². The van der Waals surface area contributed by atoms with Crippen molar-refractivity contribution >= 4 is 29.2 Å². The summed E-state index contributed by atoms with van der Waals surface area (Å²) in [6, 6.07) is 16.1. The molecule has 0 saturated heterocycles. The van der Waals surface area contributed by atoms with E-state index >= 15 is 0 Å². The van der Waals surface area contributed by atoms with Crippen molar-refractivity contribution in [2.45, 2.75) is 20.0 Å². The number of hydrogen-bond donors (Lipinski definition) is 0. The molecule has 1 saturated carbocycles. The van der Waals surface area contributed by atoms with Crippen LogP contribution in [-0.2, 0) is 9.53 Å². The molecule has 0 aromatic heterocycles. The van der Waals surface area contributed by atoms with Gasteiger partial charge in [-0.3, -0.25) is 4.79 Å². The zero-order chi connectivity index (χ0) is 23.3. The molecular formula is C25H23Cl2NO4. The number of carbonyl (C=O) groups excluding carboxylic acids is 1. The van der Waals surface area contributed by atoms with Gasteiger partial charge in [-0.1, -0.05) is 61.8 Å². The topological polar surface area (TPSA) is 68.6 Å². The number of rotatable bonds is 9. The number of ether oxygens (including phenoxy) is 3. The highest BCUT2D eigenvalue weighted by molar-refractivity contribution is 6.55. The van der Waals surface area contributed by atoms with Crippen LogP contribution in [0.4, 0.5) is 0 Å². The van der Waals surface area contributed by atoms with Crippen LogP contribution in [0.3, 0.4) is 0 Å². The third-order valence-corrected chi connectivity index (χ3v) is 5.66. The largest absolute Gasteiger partial charge is 0.490 e. The molecular weight excluding hydrogens is 449 g/mol. The standard InChI is InChI=1S/C25H23Cl2NO4/c1-4-12-30-17-8-10-18(11-9-17)31-19-7-5-6-16(13-19)21(15-28)32-24(29)23-20(14-22(26)27)25(23,2)3/h4-11,13-14,20-21,23H,1,12H2,2-3H3. The Bertz CT molecular complexity index is 1050. The molecule has 0 bridgehead atoms. The Hall–Kier alpha value is -2.94. The minimum absolute atomic E-state index is 0.111. The predicted molar refractivity (Wildman–Crippen MR) is 124 cm³/mol. The molecule has 3 unspecified atom stereocenters. The number of nitriles is 1. The van der Waals surface area contributed by atoms with Gasteiger partial charge in [0.05, 0.1) is 5.92 Å². The summed E-state index contributed by atoms with van der Waals surface area (Å²) in [4.78, 5) is 12.7. The number of nitrogens with zero attached hydrogens (tertiary/aromatic N) is 1. The van der Waals surface area contributed by atoms with Crippen molar-refractivity contribution in [3.63, 3.8) is 0 Å². The fraction of sp³-hybridized carbons (Fsp3) is 0.280. The van der Waals surface area contributed by atoms with E-state index in [0.717, 1.165) is 0 Å². The first kappa shape index (κ1) is 23.7. The molecule has 0 amide bonds. The van der Waals surface area contributed by atoms with Crippen LogP contribution in [0.1, 0.15) is 25.5 Å². The van der Waals surface area contributed by atoms with Crippen molar-refractivity contribution in [2.24, 2.45) is 17.3 Å². The molecule has 7 heteroatoms. The first-order valence-corrected chi connectivity index (χ1v) is 10.8. The monoisotopic (exact) mass is 471 g/mol. The summed E-state index contributed by atoms with van der Waals surface area (Å²) in [5, 5.41) is 9.61. The van der Waals surface area contributed by atoms with Crippen LogP contribution < -0.4 is 9.47 Å². The Morgan fingerprint density at radius 1 is 1.19 bits per heavy atom. The predicted octanol–water partition coefficient (Wildman–Crippen LogP) is 6.74. The molecule has 0 aliphatic heterocycles. The number of carbonyl (C=O) groups is 1. The Balaban J connectivity index is 1.68. The summed E-state index contributed by atoms with van der Waals surface area (Å²) < 4.78 is 17.0. The van der Waals surface area contributed by atoms with Gasteiger partial charge < -0.3 is 14.2 Å². The first-order chi connectivity index (χ1) is 15.3. The highest BCUT2D eigenvalue weighted by Gasteiger charge is 2.62. The maximum Gasteiger partial charge on any atom is 0.311 e. The van der Waals surface area contributed by atoms with Crippen molar-refractivity contribution in [1.29, 1.82) is 5.26 Å². The normalized spacial score (nSPS) is 19.1. The highest BCUT2D eigenvalue weighted by Crippen LogP contribution is 2.60. The molecule has 5 nitrogen and oxygen atoms in total. The van der Waals surface area contributed by atoms with Crippen molar-refractivity contribution in [2.75, 3.05) is 6.61 Å². The molecule has 0 spiro atoms. The van der Waals surface area contributed by atoms with E-state index < -0.39 is 18.0 Å². The van der Waals surface area contributed by atoms with Crippen LogP contribution in [0.5, 0.6) is 17.2 Å². The van der Waals surface area contributed by atoms with E-state index in [0.29, 0.717) is 29.4 Å². The van der Waals surface area contributed by atoms with E-state index in [1.165, 1.54) is 0 Å². The molecule has 0 heterocycles. The lowest BCUT2D eigenvalue weighted by atomic mass is 10.1. The van der Waals surface area contributed by atoms with Gasteiger partial charge in [-0.25, -0.2) is 0 Å². The molecule has 0 N–H and O–H groups in total. The average molecular weight is 472 g/mol. The molecule has 2 aromatic carbocycles. The van der Waals surface area contributed by atoms with E-state index in [9.17, 15) is 10.1 Å². The van der Waals surface area contributed by atoms with Crippen molar-refractivity contribution in [3.05, 3.63) is 77.3 Å². The second-order valence-electron chi connectivity index (χ2n) is 7.97. The lowest BCUT2D eigenvalue weighted by Gasteiger charge is -2.14. The van der Waals surface area contributed by atoms with Crippen molar-refractivity contribution < 1.29 is 19.0 Å². The maximum atomic E-state index is 12.7. The summed E-state index contributed by atoms with van der Waals surface area (Å²) in [5.74, 6) is 0.818. The minimum Gasteiger partial charge on any atom is -0.490 e. The van der Waals surface area contributed by atoms with Gasteiger partial charge >= 0.3 is 5.97 Å². The first-order valence-electron chi connectivity index (χ1n) is 10.0. The quantitative estimate of drug-likeness (QED) is 0.299. The van der Waals surface area contributed by atoms with Crippen LogP contribution in [0.25, 0.3) is 0 Å². The Morgan fingerprint density at radius 3 is 2.50 bits per heavy atom. The average Bonchev–Trinajstić information content (AvgIpc) is 3.30. The molecule has 0 radical (unpaired) electrons. The number of halogens is 2. The summed E-state index contributed by atoms with van der Waals surface area (Å²) in [5.41, 5.74) is 0.184. The zero-order valence-corrected chi connectivity index (χ0v) is 19.3. The maximum absolute atomic E-state index is 12.7. The van der Waals surface area contributed by atoms with Gasteiger partial charge in [0.1, 0.15) is 34.4 Å². The minimum atomic E-state index is -1.06. The summed E-state index contributed by atoms with van der Waals surface area (Å²) in [7, 11) is 0. The van der Waals surface area contributed by atoms with Crippen LogP contribution in [-0.4, -0.2) is 12.6 Å². The molecule has 2 aromatic rings. The molecule has 1 aliphatic carbocycles. The molecule has 166 valence electrons. The Kier molecular flexibility index (Phi) is 7.50. The molecule has 3 atom stereocenters. The van der Waals surface area contributed by atoms with E-state index in [1.54, 1.807) is 60.7 Å². The van der Waals surface area contributed by atoms with Crippen molar-refractivity contribution in [3.8, 4) is 23.3 Å². The van der Waals surface area contributed by atoms with Crippen molar-refractivity contribution in [1.82, 2.24) is 0 Å². The summed E-state index contributed by atoms with van der Waals surface area (Å²) in [6.45, 7) is 7.90. The van der Waals surface area contributed by atoms with Gasteiger partial charge in [0.15, 0.2) is 0 Å². The lowest BCUT2D eigenvalue weighted by molar-refractivity contribution is -0.149. The highest BCUT2D eigenvalue weighted by atomic mass is 35.5. The SMILES string of the molecule is C=CCOc1ccc(Oc2cccc(C(C#N)OC(=O)C3C(C=C(Cl)Cl)C3(C)C)c2)cc1. The smallest absolute Gasteiger partial charge is 0.311 e. The van der Waals surface area contributed by atoms with E-state index in [4.69, 9.17) is 37.4 Å². The van der Waals surface area contributed by atoms with Gasteiger partial charge in [-0.15, -0.1) is 0 Å². The molecule has 32 heavy (non-hydrogen) atoms. The number of esters is 1. The second-order valence-corrected chi connectivity index (χ2v) is 8.98. The van der Waals surface area contributed by atoms with Crippen LogP contribution in [0, 0.1) is 28.6 Å². The lowest BCUT2D eigenvalue weighted by Crippen LogP contribution is -2.14. The van der Waals surface area contributed by atoms with Gasteiger partial charge in [-0.05, 0) is 53.8 Å². The van der Waals surface area contributed by atoms with Crippen LogP contribution >= 0.6 is 23.2 Å². The zero-order valence-electron chi connectivity index (χ0n) is 17.8. The van der Waals surface area contributed by atoms with E-state index in [2.05, 4.69) is 6.58 Å². The third kappa shape index (κ3) is 5.64. The summed E-state index contributed by atoms with van der Waals surface area (Å²) in [6.07, 6.45) is 2.24. The summed E-state index contributed by atoms with van der Waals surface area (Å²) >= 11 is 11.5. The van der Waals surface area contributed by atoms with Crippen LogP contribution in [0.15, 0.2) is 71.8 Å². The fourth-order valence-corrected chi connectivity index (χ4v) is 3.84. The fourth-order valence-electron chi connectivity index (χ4n) is 3.57. The Morgan fingerprint density at radius 2 is 1.88 bits per heavy atom. The Labute approximate surface area is 197 Å². The van der Waals surface area contributed by atoms with Gasteiger partial charge in [-0.2, -0.15) is 5.26 Å².